The highest BCUT2D eigenvalue weighted by Crippen LogP contribution is 2.42. The van der Waals surface area contributed by atoms with Gasteiger partial charge < -0.3 is 9.47 Å². The van der Waals surface area contributed by atoms with Gasteiger partial charge in [-0.1, -0.05) is 53.7 Å². The van der Waals surface area contributed by atoms with Gasteiger partial charge in [-0.25, -0.2) is 0 Å². The number of ether oxygens (including phenoxy) is 2. The van der Waals surface area contributed by atoms with Crippen LogP contribution < -0.4 is 9.47 Å². The summed E-state index contributed by atoms with van der Waals surface area (Å²) < 4.78 is 34.4. The normalized spacial score (nSPS) is 15.1. The van der Waals surface area contributed by atoms with Gasteiger partial charge in [0.2, 0.25) is 0 Å². The molecule has 0 saturated heterocycles. The highest BCUT2D eigenvalue weighted by molar-refractivity contribution is 7.33. The quantitative estimate of drug-likeness (QED) is 0.168. The van der Waals surface area contributed by atoms with Gasteiger partial charge in [0.15, 0.2) is 24.8 Å². The summed E-state index contributed by atoms with van der Waals surface area (Å²) in [4.78, 5) is 25.3. The molecule has 0 amide bonds. The van der Waals surface area contributed by atoms with Crippen LogP contribution in [0, 0.1) is 0 Å². The van der Waals surface area contributed by atoms with Crippen molar-refractivity contribution in [2.75, 3.05) is 27.4 Å². The molecule has 46 heavy (non-hydrogen) atoms. The Balaban J connectivity index is 1.36. The van der Waals surface area contributed by atoms with E-state index in [0.29, 0.717) is 0 Å². The molecule has 0 aromatic heterocycles. The van der Waals surface area contributed by atoms with Crippen molar-refractivity contribution in [2.24, 2.45) is 0 Å². The first-order valence-corrected chi connectivity index (χ1v) is 17.5. The molecule has 0 bridgehead atoms. The molecule has 0 aliphatic heterocycles. The summed E-state index contributed by atoms with van der Waals surface area (Å²) in [6.07, 6.45) is 14.7. The van der Waals surface area contributed by atoms with Crippen molar-refractivity contribution in [3.05, 3.63) is 68.8 Å². The predicted octanol–water partition coefficient (Wildman–Crippen LogP) is 8.61. The minimum absolute atomic E-state index is 0.126. The first-order chi connectivity index (χ1) is 21.7. The van der Waals surface area contributed by atoms with Crippen LogP contribution in [0.4, 0.5) is 0 Å². The zero-order valence-corrected chi connectivity index (χ0v) is 29.7. The van der Waals surface area contributed by atoms with E-state index >= 15 is 0 Å². The molecule has 0 radical (unpaired) electrons. The van der Waals surface area contributed by atoms with E-state index < -0.39 is 21.5 Å². The predicted molar refractivity (Wildman–Crippen MR) is 184 cm³/mol. The van der Waals surface area contributed by atoms with Gasteiger partial charge in [-0.2, -0.15) is 0 Å². The maximum Gasteiger partial charge on any atom is 0.698 e. The largest absolute Gasteiger partial charge is 0.698 e. The number of hydrogen-bond donors (Lipinski definition) is 0. The molecule has 0 atom stereocenters. The van der Waals surface area contributed by atoms with Crippen molar-refractivity contribution >= 4 is 32.0 Å². The van der Waals surface area contributed by atoms with Gasteiger partial charge in [-0.05, 0) is 120 Å². The molecule has 2 aliphatic carbocycles. The molecular weight excluding hydrogens is 599 g/mol. The topological polar surface area (TPSA) is 88.1 Å². The molecule has 248 valence electrons. The van der Waals surface area contributed by atoms with E-state index in [9.17, 15) is 14.2 Å². The third-order valence-corrected chi connectivity index (χ3v) is 9.50. The summed E-state index contributed by atoms with van der Waals surface area (Å²) >= 11 is 0. The van der Waals surface area contributed by atoms with E-state index in [1.54, 1.807) is 14.2 Å². The minimum atomic E-state index is -2.64. The summed E-state index contributed by atoms with van der Waals surface area (Å²) in [5, 5.41) is 0. The Morgan fingerprint density at radius 2 is 1.00 bits per heavy atom. The SMILES string of the molecule is COc1c(C(C)(C)C)cc(/C=C/C(=O)CO[P+](=O)OCC(=O)/C=C/c2cc(C(C)(C)C)c(OC)c3c2CCCC3)c2c1CCCC2. The average molecular weight is 650 g/mol. The fourth-order valence-electron chi connectivity index (χ4n) is 6.50. The fourth-order valence-corrected chi connectivity index (χ4v) is 7.04. The van der Waals surface area contributed by atoms with E-state index in [-0.39, 0.29) is 22.4 Å². The molecule has 2 aromatic rings. The zero-order chi connectivity index (χ0) is 33.6. The molecule has 0 N–H and O–H groups in total. The van der Waals surface area contributed by atoms with Crippen LogP contribution in [0.25, 0.3) is 12.2 Å². The van der Waals surface area contributed by atoms with Crippen LogP contribution in [-0.2, 0) is 59.7 Å². The summed E-state index contributed by atoms with van der Waals surface area (Å²) in [6, 6.07) is 4.23. The molecule has 2 aliphatic rings. The van der Waals surface area contributed by atoms with Crippen molar-refractivity contribution in [1.82, 2.24) is 0 Å². The monoisotopic (exact) mass is 649 g/mol. The Hall–Kier alpha value is -3.12. The van der Waals surface area contributed by atoms with Gasteiger partial charge in [-0.15, -0.1) is 9.05 Å². The van der Waals surface area contributed by atoms with Crippen molar-refractivity contribution in [2.45, 2.75) is 104 Å². The Kier molecular flexibility index (Phi) is 11.8. The van der Waals surface area contributed by atoms with Crippen molar-refractivity contribution in [3.63, 3.8) is 0 Å². The van der Waals surface area contributed by atoms with Crippen LogP contribution in [0.1, 0.15) is 112 Å². The smallest absolute Gasteiger partial charge is 0.496 e. The lowest BCUT2D eigenvalue weighted by molar-refractivity contribution is -0.116. The number of benzene rings is 2. The van der Waals surface area contributed by atoms with E-state index in [4.69, 9.17) is 18.5 Å². The second-order valence-corrected chi connectivity index (χ2v) is 15.3. The lowest BCUT2D eigenvalue weighted by atomic mass is 9.78. The van der Waals surface area contributed by atoms with E-state index in [0.717, 1.165) is 85.1 Å². The number of carbonyl (C=O) groups is 2. The van der Waals surface area contributed by atoms with Crippen LogP contribution in [0.5, 0.6) is 11.5 Å². The first-order valence-electron chi connectivity index (χ1n) is 16.4. The lowest BCUT2D eigenvalue weighted by Gasteiger charge is -2.29. The summed E-state index contributed by atoms with van der Waals surface area (Å²) in [5.41, 5.74) is 8.84. The highest BCUT2D eigenvalue weighted by Gasteiger charge is 2.28. The Morgan fingerprint density at radius 1 is 0.652 bits per heavy atom. The Labute approximate surface area is 275 Å². The van der Waals surface area contributed by atoms with Gasteiger partial charge in [0, 0.05) is 15.7 Å². The van der Waals surface area contributed by atoms with E-state index in [1.807, 2.05) is 12.2 Å². The molecule has 8 heteroatoms. The Morgan fingerprint density at radius 3 is 1.33 bits per heavy atom. The van der Waals surface area contributed by atoms with Crippen LogP contribution >= 0.6 is 8.25 Å². The summed E-state index contributed by atoms with van der Waals surface area (Å²) in [5.74, 6) is 1.22. The van der Waals surface area contributed by atoms with Gasteiger partial charge >= 0.3 is 8.25 Å². The molecule has 0 unspecified atom stereocenters. The van der Waals surface area contributed by atoms with E-state index in [2.05, 4.69) is 53.7 Å². The molecular formula is C38H50O7P+. The third-order valence-electron chi connectivity index (χ3n) is 8.82. The maximum atomic E-state index is 12.6. The molecule has 4 rings (SSSR count). The van der Waals surface area contributed by atoms with Gasteiger partial charge in [0.25, 0.3) is 0 Å². The number of hydrogen-bond acceptors (Lipinski definition) is 7. The summed E-state index contributed by atoms with van der Waals surface area (Å²) in [6.45, 7) is 12.1. The zero-order valence-electron chi connectivity index (χ0n) is 28.8. The highest BCUT2D eigenvalue weighted by atomic mass is 31.1. The molecule has 0 heterocycles. The number of carbonyl (C=O) groups excluding carboxylic acids is 2. The third kappa shape index (κ3) is 8.61. The molecule has 0 saturated carbocycles. The van der Waals surface area contributed by atoms with Crippen LogP contribution in [0.2, 0.25) is 0 Å². The number of ketones is 2. The van der Waals surface area contributed by atoms with Crippen molar-refractivity contribution in [3.8, 4) is 11.5 Å². The standard InChI is InChI=1S/C38H50O7P/c1-37(2,3)33-21-25(29-13-9-11-15-31(29)35(33)42-7)17-19-27(39)23-44-46(41)45-24-28(40)20-18-26-22-34(38(4,5)6)36(43-8)32-16-12-10-14-30(26)32/h17-22H,9-16,23-24H2,1-8H3/q+1/b19-17+,20-18+. The van der Waals surface area contributed by atoms with Crippen molar-refractivity contribution in [1.29, 1.82) is 0 Å². The van der Waals surface area contributed by atoms with Crippen LogP contribution in [0.3, 0.4) is 0 Å². The lowest BCUT2D eigenvalue weighted by Crippen LogP contribution is -2.17. The molecule has 2 aromatic carbocycles. The van der Waals surface area contributed by atoms with Gasteiger partial charge in [-0.3, -0.25) is 9.59 Å². The molecule has 0 spiro atoms. The van der Waals surface area contributed by atoms with Gasteiger partial charge in [0.1, 0.15) is 11.5 Å². The average Bonchev–Trinajstić information content (AvgIpc) is 3.02. The maximum absolute atomic E-state index is 12.6. The second-order valence-electron chi connectivity index (χ2n) is 14.3. The van der Waals surface area contributed by atoms with Crippen LogP contribution in [0.15, 0.2) is 24.3 Å². The fraction of sp³-hybridized carbons (Fsp3) is 0.526. The second kappa shape index (κ2) is 15.2. The van der Waals surface area contributed by atoms with Crippen molar-refractivity contribution < 1.29 is 32.7 Å². The minimum Gasteiger partial charge on any atom is -0.496 e. The summed E-state index contributed by atoms with van der Waals surface area (Å²) in [7, 11) is 0.804. The Bertz CT molecular complexity index is 1420. The number of fused-ring (bicyclic) bond motifs is 2. The number of methoxy groups -OCH3 is 2. The van der Waals surface area contributed by atoms with Crippen LogP contribution in [-0.4, -0.2) is 39.0 Å². The first kappa shape index (κ1) is 35.7. The van der Waals surface area contributed by atoms with Gasteiger partial charge in [0.05, 0.1) is 14.2 Å². The van der Waals surface area contributed by atoms with E-state index in [1.165, 1.54) is 34.4 Å². The molecule has 7 nitrogen and oxygen atoms in total. The molecule has 0 fully saturated rings. The number of rotatable bonds is 12.